The molecule has 0 radical (unpaired) electrons. The summed E-state index contributed by atoms with van der Waals surface area (Å²) < 4.78 is 5.30. The number of hydrogen-bond donors (Lipinski definition) is 1. The average molecular weight is 359 g/mol. The Labute approximate surface area is 161 Å². The maximum atomic E-state index is 12.8. The maximum Gasteiger partial charge on any atom is 0.225 e. The number of rotatable bonds is 6. The number of ether oxygens (including phenoxy) is 1. The van der Waals surface area contributed by atoms with Gasteiger partial charge in [0.15, 0.2) is 0 Å². The van der Waals surface area contributed by atoms with Gasteiger partial charge in [0.2, 0.25) is 5.91 Å². The van der Waals surface area contributed by atoms with Crippen molar-refractivity contribution in [3.63, 3.8) is 0 Å². The van der Waals surface area contributed by atoms with E-state index >= 15 is 0 Å². The normalized spacial score (nSPS) is 11.7. The van der Waals surface area contributed by atoms with Gasteiger partial charge in [0, 0.05) is 0 Å². The van der Waals surface area contributed by atoms with E-state index in [1.165, 1.54) is 5.56 Å². The summed E-state index contributed by atoms with van der Waals surface area (Å²) in [4.78, 5) is 12.8. The zero-order valence-corrected chi connectivity index (χ0v) is 16.0. The summed E-state index contributed by atoms with van der Waals surface area (Å²) in [6.45, 7) is 4.05. The third-order valence-corrected chi connectivity index (χ3v) is 4.64. The van der Waals surface area contributed by atoms with Gasteiger partial charge in [-0.3, -0.25) is 4.79 Å². The minimum atomic E-state index is -0.169. The Kier molecular flexibility index (Phi) is 5.92. The molecule has 3 heteroatoms. The summed E-state index contributed by atoms with van der Waals surface area (Å²) in [6, 6.07) is 24.0. The number of carbonyl (C=O) groups excluding carboxylic acids is 1. The minimum Gasteiger partial charge on any atom is -0.496 e. The van der Waals surface area contributed by atoms with Crippen LogP contribution in [0.1, 0.15) is 33.9 Å². The SMILES string of the molecule is COc1ccc(CC(=O)N[C@H](c2ccccc2)c2cccc(C)c2)cc1C. The van der Waals surface area contributed by atoms with Gasteiger partial charge in [0.05, 0.1) is 19.6 Å². The van der Waals surface area contributed by atoms with Crippen LogP contribution in [0.5, 0.6) is 5.75 Å². The Morgan fingerprint density at radius 3 is 2.33 bits per heavy atom. The molecule has 0 aliphatic rings. The van der Waals surface area contributed by atoms with Crippen LogP contribution in [0.2, 0.25) is 0 Å². The van der Waals surface area contributed by atoms with Crippen molar-refractivity contribution in [3.05, 3.63) is 101 Å². The molecule has 27 heavy (non-hydrogen) atoms. The van der Waals surface area contributed by atoms with Crippen molar-refractivity contribution in [2.24, 2.45) is 0 Å². The van der Waals surface area contributed by atoms with Crippen molar-refractivity contribution in [2.45, 2.75) is 26.3 Å². The molecule has 0 fully saturated rings. The molecule has 1 amide bonds. The van der Waals surface area contributed by atoms with E-state index < -0.39 is 0 Å². The molecule has 3 rings (SSSR count). The van der Waals surface area contributed by atoms with Crippen LogP contribution in [0.4, 0.5) is 0 Å². The van der Waals surface area contributed by atoms with E-state index in [1.807, 2.05) is 61.5 Å². The average Bonchev–Trinajstić information content (AvgIpc) is 2.67. The number of aryl methyl sites for hydroxylation is 2. The van der Waals surface area contributed by atoms with Crippen LogP contribution in [-0.2, 0) is 11.2 Å². The summed E-state index contributed by atoms with van der Waals surface area (Å²) in [7, 11) is 1.65. The fraction of sp³-hybridized carbons (Fsp3) is 0.208. The molecule has 0 heterocycles. The van der Waals surface area contributed by atoms with E-state index in [4.69, 9.17) is 4.74 Å². The number of hydrogen-bond acceptors (Lipinski definition) is 2. The number of nitrogens with one attached hydrogen (secondary N) is 1. The summed E-state index contributed by atoms with van der Waals surface area (Å²) >= 11 is 0. The van der Waals surface area contributed by atoms with Crippen molar-refractivity contribution in [2.75, 3.05) is 7.11 Å². The fourth-order valence-corrected chi connectivity index (χ4v) is 3.30. The van der Waals surface area contributed by atoms with E-state index in [1.54, 1.807) is 7.11 Å². The Balaban J connectivity index is 1.81. The van der Waals surface area contributed by atoms with Gasteiger partial charge in [-0.15, -0.1) is 0 Å². The molecule has 0 aliphatic heterocycles. The van der Waals surface area contributed by atoms with Gasteiger partial charge >= 0.3 is 0 Å². The second-order valence-corrected chi connectivity index (χ2v) is 6.81. The van der Waals surface area contributed by atoms with Crippen molar-refractivity contribution >= 4 is 5.91 Å². The van der Waals surface area contributed by atoms with Crippen LogP contribution in [0.15, 0.2) is 72.8 Å². The molecule has 0 spiro atoms. The van der Waals surface area contributed by atoms with Crippen LogP contribution in [0.25, 0.3) is 0 Å². The molecule has 3 nitrogen and oxygen atoms in total. The van der Waals surface area contributed by atoms with Gasteiger partial charge in [0.1, 0.15) is 5.75 Å². The van der Waals surface area contributed by atoms with Gasteiger partial charge in [-0.2, -0.15) is 0 Å². The zero-order valence-electron chi connectivity index (χ0n) is 16.0. The third-order valence-electron chi connectivity index (χ3n) is 4.64. The predicted octanol–water partition coefficient (Wildman–Crippen LogP) is 4.76. The lowest BCUT2D eigenvalue weighted by atomic mass is 9.97. The molecule has 0 unspecified atom stereocenters. The minimum absolute atomic E-state index is 0.00470. The van der Waals surface area contributed by atoms with E-state index in [9.17, 15) is 4.79 Å². The first-order chi connectivity index (χ1) is 13.1. The lowest BCUT2D eigenvalue weighted by Gasteiger charge is -2.20. The molecule has 1 N–H and O–H groups in total. The van der Waals surface area contributed by atoms with Gasteiger partial charge in [-0.1, -0.05) is 72.3 Å². The molecule has 0 aromatic heterocycles. The van der Waals surface area contributed by atoms with E-state index in [0.717, 1.165) is 28.0 Å². The maximum absolute atomic E-state index is 12.8. The molecular weight excluding hydrogens is 334 g/mol. The summed E-state index contributed by atoms with van der Waals surface area (Å²) in [5.41, 5.74) is 5.33. The highest BCUT2D eigenvalue weighted by molar-refractivity contribution is 5.79. The number of carbonyl (C=O) groups is 1. The number of methoxy groups -OCH3 is 1. The molecular formula is C24H25NO2. The Bertz CT molecular complexity index is 919. The lowest BCUT2D eigenvalue weighted by molar-refractivity contribution is -0.120. The van der Waals surface area contributed by atoms with Gasteiger partial charge < -0.3 is 10.1 Å². The Morgan fingerprint density at radius 1 is 0.926 bits per heavy atom. The topological polar surface area (TPSA) is 38.3 Å². The molecule has 3 aromatic carbocycles. The van der Waals surface area contributed by atoms with Gasteiger partial charge in [-0.05, 0) is 42.2 Å². The smallest absolute Gasteiger partial charge is 0.225 e. The molecule has 0 saturated heterocycles. The zero-order chi connectivity index (χ0) is 19.2. The highest BCUT2D eigenvalue weighted by Crippen LogP contribution is 2.23. The standard InChI is InChI=1S/C24H25NO2/c1-17-8-7-11-21(14-17)24(20-9-5-4-6-10-20)25-23(26)16-19-12-13-22(27-3)18(2)15-19/h4-15,24H,16H2,1-3H3,(H,25,26)/t24-/m1/s1. The van der Waals surface area contributed by atoms with Crippen LogP contribution < -0.4 is 10.1 Å². The Hall–Kier alpha value is -3.07. The molecule has 0 saturated carbocycles. The van der Waals surface area contributed by atoms with Gasteiger partial charge in [0.25, 0.3) is 0 Å². The predicted molar refractivity (Wildman–Crippen MR) is 109 cm³/mol. The van der Waals surface area contributed by atoms with Crippen molar-refractivity contribution in [3.8, 4) is 5.75 Å². The summed E-state index contributed by atoms with van der Waals surface area (Å²) in [5.74, 6) is 0.830. The first-order valence-corrected chi connectivity index (χ1v) is 9.11. The summed E-state index contributed by atoms with van der Waals surface area (Å²) in [6.07, 6.45) is 0.333. The first kappa shape index (κ1) is 18.7. The van der Waals surface area contributed by atoms with Crippen LogP contribution in [-0.4, -0.2) is 13.0 Å². The number of amides is 1. The second-order valence-electron chi connectivity index (χ2n) is 6.81. The summed E-state index contributed by atoms with van der Waals surface area (Å²) in [5, 5.41) is 3.20. The van der Waals surface area contributed by atoms with Crippen LogP contribution >= 0.6 is 0 Å². The van der Waals surface area contributed by atoms with E-state index in [2.05, 4.69) is 30.4 Å². The largest absolute Gasteiger partial charge is 0.496 e. The van der Waals surface area contributed by atoms with Crippen molar-refractivity contribution < 1.29 is 9.53 Å². The third kappa shape index (κ3) is 4.76. The lowest BCUT2D eigenvalue weighted by Crippen LogP contribution is -2.30. The quantitative estimate of drug-likeness (QED) is 0.689. The van der Waals surface area contributed by atoms with Crippen molar-refractivity contribution in [1.29, 1.82) is 0 Å². The highest BCUT2D eigenvalue weighted by atomic mass is 16.5. The molecule has 0 aliphatic carbocycles. The molecule has 0 bridgehead atoms. The Morgan fingerprint density at radius 2 is 1.67 bits per heavy atom. The second kappa shape index (κ2) is 8.54. The van der Waals surface area contributed by atoms with E-state index in [-0.39, 0.29) is 11.9 Å². The monoisotopic (exact) mass is 359 g/mol. The molecule has 1 atom stereocenters. The molecule has 138 valence electrons. The number of benzene rings is 3. The van der Waals surface area contributed by atoms with E-state index in [0.29, 0.717) is 6.42 Å². The van der Waals surface area contributed by atoms with Crippen molar-refractivity contribution in [1.82, 2.24) is 5.32 Å². The van der Waals surface area contributed by atoms with Crippen LogP contribution in [0.3, 0.4) is 0 Å². The first-order valence-electron chi connectivity index (χ1n) is 9.11. The van der Waals surface area contributed by atoms with Crippen LogP contribution in [0, 0.1) is 13.8 Å². The van der Waals surface area contributed by atoms with Gasteiger partial charge in [-0.25, -0.2) is 0 Å². The fourth-order valence-electron chi connectivity index (χ4n) is 3.30. The molecule has 3 aromatic rings. The highest BCUT2D eigenvalue weighted by Gasteiger charge is 2.17.